The molecule has 0 aliphatic rings. The molecule has 112 valence electrons. The van der Waals surface area contributed by atoms with Crippen LogP contribution in [-0.2, 0) is 0 Å². The fourth-order valence-electron chi connectivity index (χ4n) is 2.15. The number of rotatable bonds is 5. The summed E-state index contributed by atoms with van der Waals surface area (Å²) in [7, 11) is 0. The van der Waals surface area contributed by atoms with Crippen LogP contribution in [0.1, 0.15) is 50.3 Å². The van der Waals surface area contributed by atoms with Crippen LogP contribution >= 0.6 is 15.9 Å². The molecule has 0 fully saturated rings. The van der Waals surface area contributed by atoms with Crippen molar-refractivity contribution in [1.29, 1.82) is 0 Å². The zero-order chi connectivity index (χ0) is 15.4. The van der Waals surface area contributed by atoms with Gasteiger partial charge in [0.1, 0.15) is 11.5 Å². The molecule has 2 rings (SSSR count). The number of benzene rings is 2. The highest BCUT2D eigenvalue weighted by Crippen LogP contribution is 2.30. The molecule has 0 aliphatic heterocycles. The van der Waals surface area contributed by atoms with Gasteiger partial charge < -0.3 is 9.84 Å². The molecule has 0 bridgehead atoms. The second kappa shape index (κ2) is 7.10. The lowest BCUT2D eigenvalue weighted by atomic mass is 9.99. The first-order chi connectivity index (χ1) is 10.0. The van der Waals surface area contributed by atoms with Crippen molar-refractivity contribution >= 4 is 15.9 Å². The van der Waals surface area contributed by atoms with Gasteiger partial charge in [0.05, 0.1) is 6.10 Å². The molecular weight excluding hydrogens is 328 g/mol. The van der Waals surface area contributed by atoms with Gasteiger partial charge >= 0.3 is 0 Å². The van der Waals surface area contributed by atoms with E-state index in [0.717, 1.165) is 28.0 Å². The van der Waals surface area contributed by atoms with Crippen LogP contribution in [0.4, 0.5) is 0 Å². The van der Waals surface area contributed by atoms with Crippen molar-refractivity contribution in [1.82, 2.24) is 0 Å². The van der Waals surface area contributed by atoms with Crippen molar-refractivity contribution in [2.75, 3.05) is 0 Å². The lowest BCUT2D eigenvalue weighted by molar-refractivity contribution is 0.198. The van der Waals surface area contributed by atoms with Gasteiger partial charge in [-0.2, -0.15) is 0 Å². The van der Waals surface area contributed by atoms with Gasteiger partial charge in [-0.05, 0) is 54.7 Å². The summed E-state index contributed by atoms with van der Waals surface area (Å²) < 4.78 is 6.70. The third-order valence-electron chi connectivity index (χ3n) is 3.72. The van der Waals surface area contributed by atoms with Crippen LogP contribution in [0, 0.1) is 0 Å². The third kappa shape index (κ3) is 4.08. The average Bonchev–Trinajstić information content (AvgIpc) is 2.47. The summed E-state index contributed by atoms with van der Waals surface area (Å²) >= 11 is 3.46. The normalized spacial score (nSPS) is 13.8. The molecule has 0 amide bonds. The Balaban J connectivity index is 2.13. The first kappa shape index (κ1) is 16.1. The molecule has 0 radical (unpaired) electrons. The quantitative estimate of drug-likeness (QED) is 0.738. The van der Waals surface area contributed by atoms with E-state index in [9.17, 15) is 5.11 Å². The molecule has 0 saturated heterocycles. The Bertz CT molecular complexity index is 591. The van der Waals surface area contributed by atoms with Crippen molar-refractivity contribution in [2.24, 2.45) is 0 Å². The topological polar surface area (TPSA) is 29.5 Å². The highest BCUT2D eigenvalue weighted by molar-refractivity contribution is 9.10. The predicted molar refractivity (Wildman–Crippen MR) is 90.0 cm³/mol. The van der Waals surface area contributed by atoms with Gasteiger partial charge in [0, 0.05) is 4.47 Å². The van der Waals surface area contributed by atoms with E-state index in [1.807, 2.05) is 30.3 Å². The lowest BCUT2D eigenvalue weighted by Crippen LogP contribution is -1.94. The lowest BCUT2D eigenvalue weighted by Gasteiger charge is -2.12. The molecule has 3 heteroatoms. The standard InChI is InChI=1S/C18H21BrO2/c1-4-12(2)14-5-7-15(8-6-14)21-16-9-10-17(13(3)20)18(19)11-16/h5-13,20H,4H2,1-3H3/t12?,13-/m1/s1. The zero-order valence-corrected chi connectivity index (χ0v) is 14.2. The van der Waals surface area contributed by atoms with Crippen molar-refractivity contribution in [3.8, 4) is 11.5 Å². The molecule has 2 aromatic carbocycles. The number of hydrogen-bond acceptors (Lipinski definition) is 2. The highest BCUT2D eigenvalue weighted by atomic mass is 79.9. The summed E-state index contributed by atoms with van der Waals surface area (Å²) in [5.41, 5.74) is 2.19. The van der Waals surface area contributed by atoms with E-state index in [-0.39, 0.29) is 0 Å². The van der Waals surface area contributed by atoms with Crippen molar-refractivity contribution in [2.45, 2.75) is 39.2 Å². The molecular formula is C18H21BrO2. The van der Waals surface area contributed by atoms with Gasteiger partial charge in [-0.15, -0.1) is 0 Å². The maximum atomic E-state index is 9.62. The SMILES string of the molecule is CCC(C)c1ccc(Oc2ccc([C@@H](C)O)c(Br)c2)cc1. The molecule has 0 aliphatic carbocycles. The van der Waals surface area contributed by atoms with E-state index in [2.05, 4.69) is 41.9 Å². The summed E-state index contributed by atoms with van der Waals surface area (Å²) in [6, 6.07) is 13.8. The van der Waals surface area contributed by atoms with Gasteiger partial charge in [0.25, 0.3) is 0 Å². The fourth-order valence-corrected chi connectivity index (χ4v) is 2.84. The Morgan fingerprint density at radius 3 is 2.19 bits per heavy atom. The van der Waals surface area contributed by atoms with E-state index >= 15 is 0 Å². The molecule has 0 aromatic heterocycles. The summed E-state index contributed by atoms with van der Waals surface area (Å²) in [6.45, 7) is 6.16. The molecule has 2 aromatic rings. The van der Waals surface area contributed by atoms with Gasteiger partial charge in [0.2, 0.25) is 0 Å². The van der Waals surface area contributed by atoms with Crippen LogP contribution in [0.15, 0.2) is 46.9 Å². The molecule has 0 spiro atoms. The Morgan fingerprint density at radius 1 is 1.05 bits per heavy atom. The number of halogens is 1. The third-order valence-corrected chi connectivity index (χ3v) is 4.41. The minimum absolute atomic E-state index is 0.497. The van der Waals surface area contributed by atoms with Crippen molar-refractivity contribution in [3.63, 3.8) is 0 Å². The van der Waals surface area contributed by atoms with Crippen LogP contribution < -0.4 is 4.74 Å². The van der Waals surface area contributed by atoms with E-state index in [1.165, 1.54) is 5.56 Å². The fraction of sp³-hybridized carbons (Fsp3) is 0.333. The number of ether oxygens (including phenoxy) is 1. The molecule has 1 N–H and O–H groups in total. The largest absolute Gasteiger partial charge is 0.457 e. The average molecular weight is 349 g/mol. The highest BCUT2D eigenvalue weighted by Gasteiger charge is 2.08. The Kier molecular flexibility index (Phi) is 5.43. The summed E-state index contributed by atoms with van der Waals surface area (Å²) in [5.74, 6) is 2.14. The zero-order valence-electron chi connectivity index (χ0n) is 12.6. The molecule has 1 unspecified atom stereocenters. The van der Waals surface area contributed by atoms with Crippen LogP contribution in [-0.4, -0.2) is 5.11 Å². The first-order valence-electron chi connectivity index (χ1n) is 7.26. The monoisotopic (exact) mass is 348 g/mol. The Morgan fingerprint density at radius 2 is 1.67 bits per heavy atom. The second-order valence-corrected chi connectivity index (χ2v) is 6.19. The smallest absolute Gasteiger partial charge is 0.128 e. The van der Waals surface area contributed by atoms with Crippen LogP contribution in [0.5, 0.6) is 11.5 Å². The molecule has 2 atom stereocenters. The Hall–Kier alpha value is -1.32. The van der Waals surface area contributed by atoms with Gasteiger partial charge in [-0.3, -0.25) is 0 Å². The maximum absolute atomic E-state index is 9.62. The molecule has 0 saturated carbocycles. The van der Waals surface area contributed by atoms with E-state index in [4.69, 9.17) is 4.74 Å². The number of aliphatic hydroxyl groups is 1. The summed E-state index contributed by atoms with van der Waals surface area (Å²) in [4.78, 5) is 0. The summed E-state index contributed by atoms with van der Waals surface area (Å²) in [6.07, 6.45) is 0.636. The minimum Gasteiger partial charge on any atom is -0.457 e. The van der Waals surface area contributed by atoms with Gasteiger partial charge in [-0.25, -0.2) is 0 Å². The van der Waals surface area contributed by atoms with E-state index in [1.54, 1.807) is 6.92 Å². The van der Waals surface area contributed by atoms with Crippen LogP contribution in [0.25, 0.3) is 0 Å². The molecule has 2 nitrogen and oxygen atoms in total. The molecule has 21 heavy (non-hydrogen) atoms. The number of aliphatic hydroxyl groups excluding tert-OH is 1. The van der Waals surface area contributed by atoms with Crippen molar-refractivity contribution in [3.05, 3.63) is 58.1 Å². The molecule has 0 heterocycles. The summed E-state index contributed by atoms with van der Waals surface area (Å²) in [5, 5.41) is 9.62. The second-order valence-electron chi connectivity index (χ2n) is 5.34. The van der Waals surface area contributed by atoms with E-state index in [0.29, 0.717) is 5.92 Å². The predicted octanol–water partition coefficient (Wildman–Crippen LogP) is 5.81. The van der Waals surface area contributed by atoms with Gasteiger partial charge in [-0.1, -0.05) is 48.0 Å². The maximum Gasteiger partial charge on any atom is 0.128 e. The first-order valence-corrected chi connectivity index (χ1v) is 8.06. The van der Waals surface area contributed by atoms with E-state index < -0.39 is 6.10 Å². The van der Waals surface area contributed by atoms with Crippen LogP contribution in [0.2, 0.25) is 0 Å². The van der Waals surface area contributed by atoms with Crippen molar-refractivity contribution < 1.29 is 9.84 Å². The number of hydrogen-bond donors (Lipinski definition) is 1. The minimum atomic E-state index is -0.497. The van der Waals surface area contributed by atoms with Gasteiger partial charge in [0.15, 0.2) is 0 Å². The van der Waals surface area contributed by atoms with Crippen LogP contribution in [0.3, 0.4) is 0 Å². The Labute approximate surface area is 134 Å².